The fourth-order valence-corrected chi connectivity index (χ4v) is 3.78. The quantitative estimate of drug-likeness (QED) is 0.837. The molecule has 1 rings (SSSR count). The van der Waals surface area contributed by atoms with Crippen molar-refractivity contribution < 1.29 is 12.6 Å². The molecule has 0 spiro atoms. The van der Waals surface area contributed by atoms with Crippen LogP contribution in [0.25, 0.3) is 0 Å². The van der Waals surface area contributed by atoms with Gasteiger partial charge in [-0.05, 0) is 31.0 Å². The number of benzene rings is 1. The molecular weight excluding hydrogens is 350 g/mol. The van der Waals surface area contributed by atoms with Crippen LogP contribution in [0.1, 0.15) is 18.9 Å². The predicted molar refractivity (Wildman–Crippen MR) is 82.2 cm³/mol. The third kappa shape index (κ3) is 4.98. The molecule has 0 fully saturated rings. The van der Waals surface area contributed by atoms with Gasteiger partial charge in [-0.1, -0.05) is 28.9 Å². The molecule has 0 aromatic heterocycles. The lowest BCUT2D eigenvalue weighted by molar-refractivity contribution is 0.577. The van der Waals surface area contributed by atoms with E-state index >= 15 is 0 Å². The van der Waals surface area contributed by atoms with Gasteiger partial charge in [-0.2, -0.15) is 0 Å². The van der Waals surface area contributed by atoms with Crippen molar-refractivity contribution in [3.63, 3.8) is 0 Å². The molecule has 0 bridgehead atoms. The molecule has 0 aliphatic heterocycles. The Morgan fingerprint density at radius 2 is 2.05 bits per heavy atom. The van der Waals surface area contributed by atoms with Crippen LogP contribution in [0, 0.1) is 6.92 Å². The van der Waals surface area contributed by atoms with E-state index in [4.69, 9.17) is 0 Å². The monoisotopic (exact) mass is 367 g/mol. The zero-order valence-corrected chi connectivity index (χ0v) is 14.4. The minimum atomic E-state index is -3.51. The third-order valence-electron chi connectivity index (χ3n) is 2.85. The van der Waals surface area contributed by atoms with Crippen LogP contribution in [0.4, 0.5) is 0 Å². The average molecular weight is 368 g/mol. The molecule has 2 unspecified atom stereocenters. The molecule has 2 atom stereocenters. The van der Waals surface area contributed by atoms with E-state index < -0.39 is 20.8 Å². The van der Waals surface area contributed by atoms with E-state index in [0.29, 0.717) is 12.0 Å². The Hall–Kier alpha value is -0.240. The minimum Gasteiger partial charge on any atom is -0.260 e. The first-order chi connectivity index (χ1) is 8.74. The lowest BCUT2D eigenvalue weighted by Crippen LogP contribution is -2.28. The summed E-state index contributed by atoms with van der Waals surface area (Å²) in [6.07, 6.45) is 2.17. The summed E-state index contributed by atoms with van der Waals surface area (Å²) in [6, 6.07) is 5.14. The number of sulfonamides is 1. The fraction of sp³-hybridized carbons (Fsp3) is 0.500. The maximum absolute atomic E-state index is 12.1. The maximum atomic E-state index is 12.1. The van der Waals surface area contributed by atoms with Crippen molar-refractivity contribution in [2.45, 2.75) is 30.4 Å². The van der Waals surface area contributed by atoms with Crippen molar-refractivity contribution in [3.8, 4) is 0 Å². The highest BCUT2D eigenvalue weighted by Gasteiger charge is 2.17. The van der Waals surface area contributed by atoms with Crippen LogP contribution in [-0.2, 0) is 20.8 Å². The van der Waals surface area contributed by atoms with Crippen molar-refractivity contribution >= 4 is 36.8 Å². The lowest BCUT2D eigenvalue weighted by Gasteiger charge is -2.11. The normalized spacial score (nSPS) is 15.2. The summed E-state index contributed by atoms with van der Waals surface area (Å²) in [7, 11) is -4.45. The van der Waals surface area contributed by atoms with Gasteiger partial charge in [-0.15, -0.1) is 0 Å². The first-order valence-electron chi connectivity index (χ1n) is 5.82. The maximum Gasteiger partial charge on any atom is 0.240 e. The second-order valence-corrected chi connectivity index (χ2v) is 8.86. The zero-order chi connectivity index (χ0) is 14.6. The molecule has 1 aromatic carbocycles. The van der Waals surface area contributed by atoms with Crippen LogP contribution >= 0.6 is 15.9 Å². The molecule has 108 valence electrons. The number of halogens is 1. The standard InChI is InChI=1S/C12H18BrNO3S2/c1-9-4-5-11(13)8-12(9)19(16,17)14-7-6-10(2)18(3)15/h4-5,8,10,14H,6-7H2,1-3H3. The Balaban J connectivity index is 2.76. The molecule has 0 saturated heterocycles. The summed E-state index contributed by atoms with van der Waals surface area (Å²) < 4.78 is 38.8. The SMILES string of the molecule is Cc1ccc(Br)cc1S(=O)(=O)NCCC(C)S(C)=O. The molecule has 0 amide bonds. The molecule has 0 radical (unpaired) electrons. The number of hydrogen-bond donors (Lipinski definition) is 1. The molecule has 0 saturated carbocycles. The van der Waals surface area contributed by atoms with Crippen molar-refractivity contribution in [1.82, 2.24) is 4.72 Å². The van der Waals surface area contributed by atoms with E-state index in [1.807, 2.05) is 6.92 Å². The highest BCUT2D eigenvalue weighted by molar-refractivity contribution is 9.10. The molecule has 1 aromatic rings. The number of rotatable bonds is 6. The van der Waals surface area contributed by atoms with Gasteiger partial charge in [0.1, 0.15) is 0 Å². The molecule has 1 N–H and O–H groups in total. The first-order valence-corrected chi connectivity index (χ1v) is 9.72. The molecule has 0 aliphatic rings. The smallest absolute Gasteiger partial charge is 0.240 e. The van der Waals surface area contributed by atoms with Crippen molar-refractivity contribution in [3.05, 3.63) is 28.2 Å². The lowest BCUT2D eigenvalue weighted by atomic mass is 10.2. The third-order valence-corrected chi connectivity index (χ3v) is 6.31. The summed E-state index contributed by atoms with van der Waals surface area (Å²) in [4.78, 5) is 0.271. The van der Waals surface area contributed by atoms with E-state index in [1.165, 1.54) is 0 Å². The fourth-order valence-electron chi connectivity index (χ4n) is 1.50. The largest absolute Gasteiger partial charge is 0.260 e. The van der Waals surface area contributed by atoms with Gasteiger partial charge < -0.3 is 0 Å². The van der Waals surface area contributed by atoms with E-state index in [1.54, 1.807) is 31.4 Å². The average Bonchev–Trinajstić information content (AvgIpc) is 2.31. The summed E-state index contributed by atoms with van der Waals surface area (Å²) in [5.41, 5.74) is 0.697. The number of hydrogen-bond acceptors (Lipinski definition) is 3. The first kappa shape index (κ1) is 16.8. The van der Waals surface area contributed by atoms with Gasteiger partial charge in [0.2, 0.25) is 10.0 Å². The van der Waals surface area contributed by atoms with E-state index in [0.717, 1.165) is 4.47 Å². The van der Waals surface area contributed by atoms with Crippen molar-refractivity contribution in [2.75, 3.05) is 12.8 Å². The Bertz CT molecular complexity index is 572. The molecule has 19 heavy (non-hydrogen) atoms. The molecule has 4 nitrogen and oxygen atoms in total. The van der Waals surface area contributed by atoms with Gasteiger partial charge in [-0.25, -0.2) is 13.1 Å². The summed E-state index contributed by atoms with van der Waals surface area (Å²) in [6.45, 7) is 3.88. The van der Waals surface area contributed by atoms with Gasteiger partial charge in [0.25, 0.3) is 0 Å². The van der Waals surface area contributed by atoms with E-state index in [-0.39, 0.29) is 16.7 Å². The molecule has 0 aliphatic carbocycles. The van der Waals surface area contributed by atoms with Crippen molar-refractivity contribution in [2.24, 2.45) is 0 Å². The number of nitrogens with one attached hydrogen (secondary N) is 1. The number of aryl methyl sites for hydroxylation is 1. The van der Waals surface area contributed by atoms with Gasteiger partial charge in [0, 0.05) is 33.3 Å². The predicted octanol–water partition coefficient (Wildman–Crippen LogP) is 2.19. The summed E-state index contributed by atoms with van der Waals surface area (Å²) >= 11 is 3.27. The van der Waals surface area contributed by atoms with Crippen LogP contribution in [-0.4, -0.2) is 30.7 Å². The van der Waals surface area contributed by atoms with Gasteiger partial charge in [0.15, 0.2) is 0 Å². The van der Waals surface area contributed by atoms with Gasteiger partial charge in [0.05, 0.1) is 4.90 Å². The van der Waals surface area contributed by atoms with Crippen LogP contribution in [0.15, 0.2) is 27.6 Å². The second kappa shape index (κ2) is 6.97. The Morgan fingerprint density at radius 1 is 1.42 bits per heavy atom. The Kier molecular flexibility index (Phi) is 6.16. The zero-order valence-electron chi connectivity index (χ0n) is 11.1. The van der Waals surface area contributed by atoms with Gasteiger partial charge >= 0.3 is 0 Å². The van der Waals surface area contributed by atoms with E-state index in [2.05, 4.69) is 20.7 Å². The van der Waals surface area contributed by atoms with Crippen molar-refractivity contribution in [1.29, 1.82) is 0 Å². The Labute approximate surface area is 125 Å². The second-order valence-electron chi connectivity index (χ2n) is 4.41. The topological polar surface area (TPSA) is 63.2 Å². The molecule has 0 heterocycles. The van der Waals surface area contributed by atoms with Crippen LogP contribution in [0.3, 0.4) is 0 Å². The van der Waals surface area contributed by atoms with Gasteiger partial charge in [-0.3, -0.25) is 4.21 Å². The highest BCUT2D eigenvalue weighted by atomic mass is 79.9. The summed E-state index contributed by atoms with van der Waals surface area (Å²) in [5, 5.41) is -0.0219. The van der Waals surface area contributed by atoms with Crippen LogP contribution in [0.2, 0.25) is 0 Å². The minimum absolute atomic E-state index is 0.0219. The van der Waals surface area contributed by atoms with Crippen LogP contribution in [0.5, 0.6) is 0 Å². The van der Waals surface area contributed by atoms with E-state index in [9.17, 15) is 12.6 Å². The Morgan fingerprint density at radius 3 is 2.63 bits per heavy atom. The molecule has 7 heteroatoms. The highest BCUT2D eigenvalue weighted by Crippen LogP contribution is 2.20. The van der Waals surface area contributed by atoms with Crippen LogP contribution < -0.4 is 4.72 Å². The molecular formula is C12H18BrNO3S2. The summed E-state index contributed by atoms with van der Waals surface area (Å²) in [5.74, 6) is 0.